The summed E-state index contributed by atoms with van der Waals surface area (Å²) in [6.45, 7) is 2.93. The van der Waals surface area contributed by atoms with Crippen molar-refractivity contribution in [1.82, 2.24) is 10.3 Å². The first-order chi connectivity index (χ1) is 8.15. The molecular formula is C12H19N3O2. The Morgan fingerprint density at radius 2 is 2.41 bits per heavy atom. The summed E-state index contributed by atoms with van der Waals surface area (Å²) in [5.41, 5.74) is 7.80. The van der Waals surface area contributed by atoms with Crippen molar-refractivity contribution >= 4 is 5.91 Å². The minimum atomic E-state index is -0.517. The van der Waals surface area contributed by atoms with E-state index in [1.54, 1.807) is 19.5 Å². The standard InChI is InChI=1S/C12H19N3O2/c1-9-7-14-5-3-10(9)8-15-12(16)11(13)4-6-17-2/h3,5,7,11H,4,6,8,13H2,1-2H3,(H,15,16). The number of pyridine rings is 1. The molecule has 1 rings (SSSR count). The van der Waals surface area contributed by atoms with E-state index >= 15 is 0 Å². The van der Waals surface area contributed by atoms with Gasteiger partial charge in [-0.1, -0.05) is 0 Å². The zero-order chi connectivity index (χ0) is 12.7. The van der Waals surface area contributed by atoms with Crippen molar-refractivity contribution in [1.29, 1.82) is 0 Å². The van der Waals surface area contributed by atoms with Crippen LogP contribution in [0, 0.1) is 6.92 Å². The Kier molecular flexibility index (Phi) is 5.59. The van der Waals surface area contributed by atoms with E-state index in [-0.39, 0.29) is 5.91 Å². The van der Waals surface area contributed by atoms with Gasteiger partial charge in [-0.05, 0) is 30.5 Å². The Morgan fingerprint density at radius 1 is 1.65 bits per heavy atom. The molecule has 0 aliphatic carbocycles. The average molecular weight is 237 g/mol. The maximum atomic E-state index is 11.6. The van der Waals surface area contributed by atoms with E-state index < -0.39 is 6.04 Å². The number of methoxy groups -OCH3 is 1. The van der Waals surface area contributed by atoms with Gasteiger partial charge >= 0.3 is 0 Å². The number of aromatic nitrogens is 1. The lowest BCUT2D eigenvalue weighted by Crippen LogP contribution is -2.40. The minimum absolute atomic E-state index is 0.154. The molecule has 0 aliphatic heterocycles. The molecule has 0 fully saturated rings. The van der Waals surface area contributed by atoms with Crippen molar-refractivity contribution in [2.75, 3.05) is 13.7 Å². The van der Waals surface area contributed by atoms with Gasteiger partial charge in [0.1, 0.15) is 0 Å². The molecule has 1 atom stereocenters. The Morgan fingerprint density at radius 3 is 3.06 bits per heavy atom. The summed E-state index contributed by atoms with van der Waals surface area (Å²) in [6, 6.07) is 1.37. The van der Waals surface area contributed by atoms with Crippen molar-refractivity contribution in [2.24, 2.45) is 5.73 Å². The summed E-state index contributed by atoms with van der Waals surface area (Å²) in [7, 11) is 1.59. The van der Waals surface area contributed by atoms with Gasteiger partial charge in [0.05, 0.1) is 6.04 Å². The number of carbonyl (C=O) groups excluding carboxylic acids is 1. The van der Waals surface area contributed by atoms with Gasteiger partial charge in [0, 0.05) is 32.7 Å². The number of nitrogens with zero attached hydrogens (tertiary/aromatic N) is 1. The molecule has 5 heteroatoms. The molecule has 1 amide bonds. The van der Waals surface area contributed by atoms with Gasteiger partial charge in [-0.3, -0.25) is 9.78 Å². The lowest BCUT2D eigenvalue weighted by atomic mass is 10.1. The zero-order valence-electron chi connectivity index (χ0n) is 10.3. The van der Waals surface area contributed by atoms with Crippen molar-refractivity contribution in [3.05, 3.63) is 29.6 Å². The fourth-order valence-corrected chi connectivity index (χ4v) is 1.39. The largest absolute Gasteiger partial charge is 0.385 e. The molecule has 0 radical (unpaired) electrons. The summed E-state index contributed by atoms with van der Waals surface area (Å²) >= 11 is 0. The maximum absolute atomic E-state index is 11.6. The Bertz CT molecular complexity index is 369. The summed E-state index contributed by atoms with van der Waals surface area (Å²) in [5.74, 6) is -0.154. The van der Waals surface area contributed by atoms with E-state index in [2.05, 4.69) is 10.3 Å². The first-order valence-corrected chi connectivity index (χ1v) is 5.57. The van der Waals surface area contributed by atoms with Crippen LogP contribution in [0.4, 0.5) is 0 Å². The SMILES string of the molecule is COCCC(N)C(=O)NCc1ccncc1C. The van der Waals surface area contributed by atoms with Crippen molar-refractivity contribution in [3.8, 4) is 0 Å². The fraction of sp³-hybridized carbons (Fsp3) is 0.500. The van der Waals surface area contributed by atoms with Crippen molar-refractivity contribution in [2.45, 2.75) is 25.9 Å². The molecule has 5 nitrogen and oxygen atoms in total. The first-order valence-electron chi connectivity index (χ1n) is 5.57. The van der Waals surface area contributed by atoms with E-state index in [1.165, 1.54) is 0 Å². The molecule has 1 aromatic heterocycles. The molecular weight excluding hydrogens is 218 g/mol. The van der Waals surface area contributed by atoms with E-state index in [4.69, 9.17) is 10.5 Å². The Hall–Kier alpha value is -1.46. The van der Waals surface area contributed by atoms with Crippen LogP contribution in [0.25, 0.3) is 0 Å². The summed E-state index contributed by atoms with van der Waals surface area (Å²) < 4.78 is 4.88. The molecule has 1 heterocycles. The third-order valence-electron chi connectivity index (χ3n) is 2.56. The molecule has 0 bridgehead atoms. The predicted molar refractivity (Wildman–Crippen MR) is 65.3 cm³/mol. The average Bonchev–Trinajstić information content (AvgIpc) is 2.34. The molecule has 0 aromatic carbocycles. The number of ether oxygens (including phenoxy) is 1. The summed E-state index contributed by atoms with van der Waals surface area (Å²) in [5, 5.41) is 2.80. The van der Waals surface area contributed by atoms with Crippen LogP contribution in [0.5, 0.6) is 0 Å². The quantitative estimate of drug-likeness (QED) is 0.749. The number of hydrogen-bond acceptors (Lipinski definition) is 4. The number of nitrogens with one attached hydrogen (secondary N) is 1. The second kappa shape index (κ2) is 6.98. The third kappa shape index (κ3) is 4.50. The monoisotopic (exact) mass is 237 g/mol. The molecule has 0 saturated heterocycles. The third-order valence-corrected chi connectivity index (χ3v) is 2.56. The lowest BCUT2D eigenvalue weighted by Gasteiger charge is -2.12. The van der Waals surface area contributed by atoms with E-state index in [0.29, 0.717) is 19.6 Å². The number of nitrogens with two attached hydrogens (primary N) is 1. The van der Waals surface area contributed by atoms with Crippen LogP contribution in [0.15, 0.2) is 18.5 Å². The van der Waals surface area contributed by atoms with Crippen LogP contribution in [-0.2, 0) is 16.1 Å². The smallest absolute Gasteiger partial charge is 0.237 e. The summed E-state index contributed by atoms with van der Waals surface area (Å²) in [4.78, 5) is 15.6. The number of rotatable bonds is 6. The highest BCUT2D eigenvalue weighted by Gasteiger charge is 2.12. The molecule has 0 saturated carbocycles. The van der Waals surface area contributed by atoms with Crippen LogP contribution in [0.1, 0.15) is 17.5 Å². The minimum Gasteiger partial charge on any atom is -0.385 e. The molecule has 0 spiro atoms. The number of amides is 1. The van der Waals surface area contributed by atoms with Crippen molar-refractivity contribution in [3.63, 3.8) is 0 Å². The van der Waals surface area contributed by atoms with Gasteiger partial charge in [0.15, 0.2) is 0 Å². The fourth-order valence-electron chi connectivity index (χ4n) is 1.39. The Balaban J connectivity index is 2.40. The number of carbonyl (C=O) groups is 1. The number of aryl methyl sites for hydroxylation is 1. The van der Waals surface area contributed by atoms with E-state index in [1.807, 2.05) is 13.0 Å². The number of hydrogen-bond donors (Lipinski definition) is 2. The second-order valence-corrected chi connectivity index (χ2v) is 3.91. The highest BCUT2D eigenvalue weighted by molar-refractivity contribution is 5.81. The summed E-state index contributed by atoms with van der Waals surface area (Å²) in [6.07, 6.45) is 4.00. The maximum Gasteiger partial charge on any atom is 0.237 e. The van der Waals surface area contributed by atoms with Gasteiger partial charge in [0.25, 0.3) is 0 Å². The molecule has 1 unspecified atom stereocenters. The van der Waals surface area contributed by atoms with Gasteiger partial charge in [-0.25, -0.2) is 0 Å². The molecule has 0 aliphatic rings. The van der Waals surface area contributed by atoms with Crippen LogP contribution in [0.3, 0.4) is 0 Å². The van der Waals surface area contributed by atoms with E-state index in [0.717, 1.165) is 11.1 Å². The molecule has 94 valence electrons. The first kappa shape index (κ1) is 13.6. The molecule has 1 aromatic rings. The Labute approximate surface area is 101 Å². The van der Waals surface area contributed by atoms with Crippen LogP contribution in [-0.4, -0.2) is 30.6 Å². The zero-order valence-corrected chi connectivity index (χ0v) is 10.3. The van der Waals surface area contributed by atoms with Crippen LogP contribution >= 0.6 is 0 Å². The highest BCUT2D eigenvalue weighted by Crippen LogP contribution is 2.04. The predicted octanol–water partition coefficient (Wildman–Crippen LogP) is 0.370. The van der Waals surface area contributed by atoms with Gasteiger partial charge in [-0.2, -0.15) is 0 Å². The lowest BCUT2D eigenvalue weighted by molar-refractivity contribution is -0.122. The van der Waals surface area contributed by atoms with Gasteiger partial charge in [0.2, 0.25) is 5.91 Å². The van der Waals surface area contributed by atoms with Crippen LogP contribution < -0.4 is 11.1 Å². The van der Waals surface area contributed by atoms with E-state index in [9.17, 15) is 4.79 Å². The topological polar surface area (TPSA) is 77.2 Å². The normalized spacial score (nSPS) is 12.2. The van der Waals surface area contributed by atoms with Gasteiger partial charge in [-0.15, -0.1) is 0 Å². The molecule has 3 N–H and O–H groups in total. The second-order valence-electron chi connectivity index (χ2n) is 3.91. The highest BCUT2D eigenvalue weighted by atomic mass is 16.5. The van der Waals surface area contributed by atoms with Crippen LogP contribution in [0.2, 0.25) is 0 Å². The molecule has 17 heavy (non-hydrogen) atoms. The van der Waals surface area contributed by atoms with Gasteiger partial charge < -0.3 is 15.8 Å². The van der Waals surface area contributed by atoms with Crippen molar-refractivity contribution < 1.29 is 9.53 Å².